The van der Waals surface area contributed by atoms with Gasteiger partial charge < -0.3 is 14.4 Å². The fraction of sp³-hybridized carbons (Fsp3) is 0.357. The molecule has 0 saturated heterocycles. The van der Waals surface area contributed by atoms with E-state index < -0.39 is 6.10 Å². The SMILES string of the molecule is COc1ccc(C(O)CCc2nccn2C)cc1Br. The molecule has 0 bridgehead atoms. The second-order valence-corrected chi connectivity index (χ2v) is 5.26. The van der Waals surface area contributed by atoms with Crippen LogP contribution >= 0.6 is 15.9 Å². The molecule has 1 aromatic carbocycles. The maximum absolute atomic E-state index is 10.2. The Hall–Kier alpha value is -1.33. The first-order valence-corrected chi connectivity index (χ1v) is 6.89. The van der Waals surface area contributed by atoms with Gasteiger partial charge in [-0.3, -0.25) is 0 Å². The van der Waals surface area contributed by atoms with Crippen molar-refractivity contribution in [1.82, 2.24) is 9.55 Å². The molecule has 1 N–H and O–H groups in total. The van der Waals surface area contributed by atoms with Gasteiger partial charge in [0, 0.05) is 25.9 Å². The molecule has 0 aliphatic heterocycles. The Labute approximate surface area is 121 Å². The summed E-state index contributed by atoms with van der Waals surface area (Å²) in [4.78, 5) is 4.25. The summed E-state index contributed by atoms with van der Waals surface area (Å²) in [5, 5.41) is 10.2. The van der Waals surface area contributed by atoms with Crippen molar-refractivity contribution in [3.63, 3.8) is 0 Å². The predicted molar refractivity (Wildman–Crippen MR) is 77.2 cm³/mol. The Bertz CT molecular complexity index is 554. The van der Waals surface area contributed by atoms with Crippen molar-refractivity contribution in [1.29, 1.82) is 0 Å². The van der Waals surface area contributed by atoms with Crippen LogP contribution in [0.25, 0.3) is 0 Å². The van der Waals surface area contributed by atoms with E-state index in [0.29, 0.717) is 6.42 Å². The minimum absolute atomic E-state index is 0.501. The van der Waals surface area contributed by atoms with Crippen LogP contribution in [-0.2, 0) is 13.5 Å². The van der Waals surface area contributed by atoms with Gasteiger partial charge in [-0.15, -0.1) is 0 Å². The molecule has 1 atom stereocenters. The number of hydrogen-bond donors (Lipinski definition) is 1. The number of methoxy groups -OCH3 is 1. The number of aliphatic hydroxyl groups is 1. The highest BCUT2D eigenvalue weighted by atomic mass is 79.9. The number of aliphatic hydroxyl groups excluding tert-OH is 1. The van der Waals surface area contributed by atoms with Crippen molar-refractivity contribution in [3.05, 3.63) is 46.5 Å². The monoisotopic (exact) mass is 324 g/mol. The summed E-state index contributed by atoms with van der Waals surface area (Å²) >= 11 is 3.42. The number of imidazole rings is 1. The van der Waals surface area contributed by atoms with E-state index in [4.69, 9.17) is 4.74 Å². The molecule has 0 aliphatic rings. The highest BCUT2D eigenvalue weighted by molar-refractivity contribution is 9.10. The van der Waals surface area contributed by atoms with Crippen LogP contribution in [0, 0.1) is 0 Å². The van der Waals surface area contributed by atoms with Gasteiger partial charge in [0.1, 0.15) is 11.6 Å². The summed E-state index contributed by atoms with van der Waals surface area (Å²) in [6.07, 6.45) is 4.56. The van der Waals surface area contributed by atoms with Crippen molar-refractivity contribution in [2.24, 2.45) is 7.05 Å². The van der Waals surface area contributed by atoms with Gasteiger partial charge in [0.25, 0.3) is 0 Å². The molecule has 19 heavy (non-hydrogen) atoms. The normalized spacial score (nSPS) is 12.4. The lowest BCUT2D eigenvalue weighted by molar-refractivity contribution is 0.166. The molecule has 1 unspecified atom stereocenters. The predicted octanol–water partition coefficient (Wildman–Crippen LogP) is 2.86. The average molecular weight is 325 g/mol. The maximum Gasteiger partial charge on any atom is 0.133 e. The maximum atomic E-state index is 10.2. The first-order chi connectivity index (χ1) is 9.11. The molecular weight excluding hydrogens is 308 g/mol. The number of aryl methyl sites for hydroxylation is 2. The zero-order chi connectivity index (χ0) is 13.8. The van der Waals surface area contributed by atoms with Gasteiger partial charge in [0.2, 0.25) is 0 Å². The summed E-state index contributed by atoms with van der Waals surface area (Å²) in [5.74, 6) is 1.74. The van der Waals surface area contributed by atoms with E-state index in [-0.39, 0.29) is 0 Å². The van der Waals surface area contributed by atoms with E-state index in [9.17, 15) is 5.11 Å². The van der Waals surface area contributed by atoms with Crippen LogP contribution in [0.1, 0.15) is 23.9 Å². The van der Waals surface area contributed by atoms with Gasteiger partial charge in [0.15, 0.2) is 0 Å². The Morgan fingerprint density at radius 2 is 2.26 bits per heavy atom. The lowest BCUT2D eigenvalue weighted by atomic mass is 10.0. The van der Waals surface area contributed by atoms with Crippen molar-refractivity contribution in [3.8, 4) is 5.75 Å². The first-order valence-electron chi connectivity index (χ1n) is 6.09. The zero-order valence-corrected chi connectivity index (χ0v) is 12.6. The molecule has 1 heterocycles. The average Bonchev–Trinajstić information content (AvgIpc) is 2.81. The minimum Gasteiger partial charge on any atom is -0.496 e. The fourth-order valence-corrected chi connectivity index (χ4v) is 2.52. The van der Waals surface area contributed by atoms with Crippen LogP contribution < -0.4 is 4.74 Å². The number of benzene rings is 1. The molecule has 0 saturated carbocycles. The summed E-state index contributed by atoms with van der Waals surface area (Å²) < 4.78 is 7.99. The zero-order valence-electron chi connectivity index (χ0n) is 11.0. The molecule has 0 fully saturated rings. The van der Waals surface area contributed by atoms with Gasteiger partial charge in [-0.2, -0.15) is 0 Å². The molecule has 4 nitrogen and oxygen atoms in total. The quantitative estimate of drug-likeness (QED) is 0.919. The molecule has 0 spiro atoms. The van der Waals surface area contributed by atoms with Crippen LogP contribution in [-0.4, -0.2) is 21.8 Å². The Balaban J connectivity index is 2.02. The number of hydrogen-bond acceptors (Lipinski definition) is 3. The molecule has 2 aromatic rings. The highest BCUT2D eigenvalue weighted by Gasteiger charge is 2.11. The molecule has 0 aliphatic carbocycles. The van der Waals surface area contributed by atoms with Gasteiger partial charge in [-0.05, 0) is 40.0 Å². The van der Waals surface area contributed by atoms with Gasteiger partial charge in [0.05, 0.1) is 17.7 Å². The lowest BCUT2D eigenvalue weighted by Gasteiger charge is -2.12. The molecule has 2 rings (SSSR count). The van der Waals surface area contributed by atoms with Gasteiger partial charge in [-0.1, -0.05) is 6.07 Å². The highest BCUT2D eigenvalue weighted by Crippen LogP contribution is 2.29. The second kappa shape index (κ2) is 6.21. The van der Waals surface area contributed by atoms with Gasteiger partial charge in [-0.25, -0.2) is 4.98 Å². The summed E-state index contributed by atoms with van der Waals surface area (Å²) in [6.45, 7) is 0. The van der Waals surface area contributed by atoms with Crippen molar-refractivity contribution in [2.45, 2.75) is 18.9 Å². The van der Waals surface area contributed by atoms with Crippen LogP contribution in [0.2, 0.25) is 0 Å². The van der Waals surface area contributed by atoms with Crippen molar-refractivity contribution >= 4 is 15.9 Å². The molecular formula is C14H17BrN2O2. The fourth-order valence-electron chi connectivity index (χ4n) is 1.96. The lowest BCUT2D eigenvalue weighted by Crippen LogP contribution is -2.03. The second-order valence-electron chi connectivity index (χ2n) is 4.40. The van der Waals surface area contributed by atoms with E-state index in [1.807, 2.05) is 36.0 Å². The van der Waals surface area contributed by atoms with Crippen LogP contribution in [0.15, 0.2) is 35.1 Å². The molecule has 5 heteroatoms. The molecule has 102 valence electrons. The third-order valence-electron chi connectivity index (χ3n) is 3.12. The Kier molecular flexibility index (Phi) is 4.61. The Morgan fingerprint density at radius 1 is 1.47 bits per heavy atom. The van der Waals surface area contributed by atoms with Crippen molar-refractivity contribution < 1.29 is 9.84 Å². The number of ether oxygens (including phenoxy) is 1. The van der Waals surface area contributed by atoms with E-state index >= 15 is 0 Å². The van der Waals surface area contributed by atoms with Crippen LogP contribution in [0.5, 0.6) is 5.75 Å². The summed E-state index contributed by atoms with van der Waals surface area (Å²) in [5.41, 5.74) is 0.877. The largest absolute Gasteiger partial charge is 0.496 e. The molecule has 1 aromatic heterocycles. The van der Waals surface area contributed by atoms with E-state index in [1.54, 1.807) is 13.3 Å². The standard InChI is InChI=1S/C14H17BrN2O2/c1-17-8-7-16-14(17)6-4-12(18)10-3-5-13(19-2)11(15)9-10/h3,5,7-9,12,18H,4,6H2,1-2H3. The van der Waals surface area contributed by atoms with Crippen molar-refractivity contribution in [2.75, 3.05) is 7.11 Å². The molecule has 0 amide bonds. The Morgan fingerprint density at radius 3 is 2.84 bits per heavy atom. The summed E-state index contributed by atoms with van der Waals surface area (Å²) in [7, 11) is 3.58. The number of rotatable bonds is 5. The van der Waals surface area contributed by atoms with Gasteiger partial charge >= 0.3 is 0 Å². The van der Waals surface area contributed by atoms with Crippen LogP contribution in [0.4, 0.5) is 0 Å². The van der Waals surface area contributed by atoms with E-state index in [2.05, 4.69) is 20.9 Å². The third kappa shape index (κ3) is 3.36. The van der Waals surface area contributed by atoms with Crippen LogP contribution in [0.3, 0.4) is 0 Å². The van der Waals surface area contributed by atoms with E-state index in [1.165, 1.54) is 0 Å². The topological polar surface area (TPSA) is 47.3 Å². The minimum atomic E-state index is -0.501. The first kappa shape index (κ1) is 14.1. The number of halogens is 1. The third-order valence-corrected chi connectivity index (χ3v) is 3.74. The number of nitrogens with zero attached hydrogens (tertiary/aromatic N) is 2. The smallest absolute Gasteiger partial charge is 0.133 e. The molecule has 0 radical (unpaired) electrons. The van der Waals surface area contributed by atoms with E-state index in [0.717, 1.165) is 28.0 Å². The summed E-state index contributed by atoms with van der Waals surface area (Å²) in [6, 6.07) is 5.62. The number of aromatic nitrogens is 2.